The molecule has 0 aliphatic heterocycles. The van der Waals surface area contributed by atoms with Crippen LogP contribution < -0.4 is 5.32 Å². The molecule has 2 heterocycles. The van der Waals surface area contributed by atoms with Crippen LogP contribution in [-0.2, 0) is 6.54 Å². The van der Waals surface area contributed by atoms with Crippen molar-refractivity contribution in [2.24, 2.45) is 0 Å². The molecule has 96 valence electrons. The predicted molar refractivity (Wildman–Crippen MR) is 64.4 cm³/mol. The molecule has 0 atom stereocenters. The van der Waals surface area contributed by atoms with E-state index in [1.807, 2.05) is 0 Å². The molecule has 0 unspecified atom stereocenters. The second-order valence-electron chi connectivity index (χ2n) is 3.59. The van der Waals surface area contributed by atoms with Crippen molar-refractivity contribution in [3.63, 3.8) is 0 Å². The zero-order chi connectivity index (χ0) is 13.7. The Kier molecular flexibility index (Phi) is 3.77. The van der Waals surface area contributed by atoms with Gasteiger partial charge >= 0.3 is 5.97 Å². The highest BCUT2D eigenvalue weighted by Gasteiger charge is 2.17. The normalized spacial score (nSPS) is 9.89. The maximum absolute atomic E-state index is 11.9. The number of amides is 1. The van der Waals surface area contributed by atoms with Crippen LogP contribution in [0.1, 0.15) is 26.5 Å². The van der Waals surface area contributed by atoms with Crippen molar-refractivity contribution in [2.75, 3.05) is 0 Å². The Hall–Kier alpha value is -2.83. The second kappa shape index (κ2) is 5.67. The van der Waals surface area contributed by atoms with Crippen LogP contribution in [0.15, 0.2) is 36.9 Å². The van der Waals surface area contributed by atoms with E-state index in [9.17, 15) is 9.59 Å². The third-order valence-electron chi connectivity index (χ3n) is 2.33. The van der Waals surface area contributed by atoms with Gasteiger partial charge in [-0.25, -0.2) is 14.8 Å². The number of carbonyl (C=O) groups is 2. The summed E-state index contributed by atoms with van der Waals surface area (Å²) >= 11 is 0. The Morgan fingerprint density at radius 2 is 2.05 bits per heavy atom. The molecule has 0 bridgehead atoms. The summed E-state index contributed by atoms with van der Waals surface area (Å²) in [5.41, 5.74) is 0.364. The Bertz CT molecular complexity index is 601. The summed E-state index contributed by atoms with van der Waals surface area (Å²) in [5, 5.41) is 11.5. The molecule has 2 aromatic rings. The fraction of sp³-hybridized carbons (Fsp3) is 0.0833. The molecule has 1 amide bonds. The number of hydrogen-bond acceptors (Lipinski definition) is 5. The molecule has 2 aromatic heterocycles. The lowest BCUT2D eigenvalue weighted by Crippen LogP contribution is -2.26. The first-order valence-electron chi connectivity index (χ1n) is 5.40. The summed E-state index contributed by atoms with van der Waals surface area (Å²) in [6, 6.07) is 4.44. The molecule has 0 spiro atoms. The van der Waals surface area contributed by atoms with E-state index in [1.165, 1.54) is 24.7 Å². The van der Waals surface area contributed by atoms with Crippen LogP contribution in [-0.4, -0.2) is 31.9 Å². The number of aromatic carboxylic acids is 1. The van der Waals surface area contributed by atoms with Crippen molar-refractivity contribution in [3.8, 4) is 0 Å². The van der Waals surface area contributed by atoms with E-state index in [4.69, 9.17) is 5.11 Å². The SMILES string of the molecule is O=C(O)c1cccnc1C(=O)NCc1ccncn1. The molecule has 2 N–H and O–H groups in total. The number of nitrogens with zero attached hydrogens (tertiary/aromatic N) is 3. The summed E-state index contributed by atoms with van der Waals surface area (Å²) in [6.07, 6.45) is 4.29. The minimum atomic E-state index is -1.19. The smallest absolute Gasteiger partial charge is 0.338 e. The summed E-state index contributed by atoms with van der Waals surface area (Å²) in [5.74, 6) is -1.75. The van der Waals surface area contributed by atoms with E-state index in [-0.39, 0.29) is 17.8 Å². The lowest BCUT2D eigenvalue weighted by atomic mass is 10.2. The average Bonchev–Trinajstić information content (AvgIpc) is 2.46. The van der Waals surface area contributed by atoms with E-state index in [0.717, 1.165) is 0 Å². The number of aromatic nitrogens is 3. The van der Waals surface area contributed by atoms with Gasteiger partial charge in [-0.05, 0) is 18.2 Å². The minimum absolute atomic E-state index is 0.121. The number of pyridine rings is 1. The molecule has 7 nitrogen and oxygen atoms in total. The third-order valence-corrected chi connectivity index (χ3v) is 2.33. The summed E-state index contributed by atoms with van der Waals surface area (Å²) in [6.45, 7) is 0.178. The molecule has 0 radical (unpaired) electrons. The first-order chi connectivity index (χ1) is 9.18. The van der Waals surface area contributed by atoms with Crippen molar-refractivity contribution < 1.29 is 14.7 Å². The molecule has 19 heavy (non-hydrogen) atoms. The van der Waals surface area contributed by atoms with Crippen molar-refractivity contribution >= 4 is 11.9 Å². The number of carbonyl (C=O) groups excluding carboxylic acids is 1. The first-order valence-corrected chi connectivity index (χ1v) is 5.40. The minimum Gasteiger partial charge on any atom is -0.478 e. The summed E-state index contributed by atoms with van der Waals surface area (Å²) in [7, 11) is 0. The lowest BCUT2D eigenvalue weighted by molar-refractivity contribution is 0.0690. The molecule has 2 rings (SSSR count). The van der Waals surface area contributed by atoms with E-state index in [1.54, 1.807) is 12.3 Å². The standard InChI is InChI=1S/C12H10N4O3/c17-11(15-6-8-3-5-13-7-16-8)10-9(12(18)19)2-1-4-14-10/h1-5,7H,6H2,(H,15,17)(H,18,19). The Balaban J connectivity index is 2.10. The van der Waals surface area contributed by atoms with Crippen molar-refractivity contribution in [3.05, 3.63) is 53.9 Å². The van der Waals surface area contributed by atoms with Crippen molar-refractivity contribution in [1.82, 2.24) is 20.3 Å². The van der Waals surface area contributed by atoms with Crippen LogP contribution in [0.2, 0.25) is 0 Å². The largest absolute Gasteiger partial charge is 0.478 e. The molecule has 0 aliphatic carbocycles. The second-order valence-corrected chi connectivity index (χ2v) is 3.59. The number of carboxylic acid groups (broad SMARTS) is 1. The van der Waals surface area contributed by atoms with Crippen LogP contribution >= 0.6 is 0 Å². The van der Waals surface area contributed by atoms with Gasteiger partial charge in [0.25, 0.3) is 5.91 Å². The molecule has 0 aromatic carbocycles. The maximum Gasteiger partial charge on any atom is 0.338 e. The highest BCUT2D eigenvalue weighted by Crippen LogP contribution is 2.05. The van der Waals surface area contributed by atoms with E-state index >= 15 is 0 Å². The fourth-order valence-corrected chi connectivity index (χ4v) is 1.44. The maximum atomic E-state index is 11.9. The van der Waals surface area contributed by atoms with Gasteiger partial charge in [0.05, 0.1) is 17.8 Å². The Morgan fingerprint density at radius 1 is 1.21 bits per heavy atom. The summed E-state index contributed by atoms with van der Waals surface area (Å²) in [4.78, 5) is 34.3. The van der Waals surface area contributed by atoms with Gasteiger partial charge in [0.2, 0.25) is 0 Å². The number of rotatable bonds is 4. The van der Waals surface area contributed by atoms with Crippen LogP contribution in [0.5, 0.6) is 0 Å². The van der Waals surface area contributed by atoms with Crippen LogP contribution in [0.3, 0.4) is 0 Å². The first kappa shape index (κ1) is 12.6. The molecule has 0 saturated heterocycles. The van der Waals surface area contributed by atoms with E-state index in [2.05, 4.69) is 20.3 Å². The van der Waals surface area contributed by atoms with Crippen LogP contribution in [0.4, 0.5) is 0 Å². The van der Waals surface area contributed by atoms with Gasteiger partial charge in [0.1, 0.15) is 12.0 Å². The highest BCUT2D eigenvalue weighted by molar-refractivity contribution is 6.03. The van der Waals surface area contributed by atoms with Gasteiger partial charge in [-0.2, -0.15) is 0 Å². The van der Waals surface area contributed by atoms with Crippen molar-refractivity contribution in [2.45, 2.75) is 6.54 Å². The molecule has 0 fully saturated rings. The topological polar surface area (TPSA) is 105 Å². The van der Waals surface area contributed by atoms with Gasteiger partial charge < -0.3 is 10.4 Å². The molecular formula is C12H10N4O3. The van der Waals surface area contributed by atoms with E-state index < -0.39 is 11.9 Å². The Morgan fingerprint density at radius 3 is 2.74 bits per heavy atom. The van der Waals surface area contributed by atoms with Gasteiger partial charge in [0.15, 0.2) is 0 Å². The third kappa shape index (κ3) is 3.09. The predicted octanol–water partition coefficient (Wildman–Crippen LogP) is 0.500. The molecule has 7 heteroatoms. The van der Waals surface area contributed by atoms with Crippen molar-refractivity contribution in [1.29, 1.82) is 0 Å². The zero-order valence-electron chi connectivity index (χ0n) is 9.78. The molecular weight excluding hydrogens is 248 g/mol. The van der Waals surface area contributed by atoms with Gasteiger partial charge in [0, 0.05) is 12.4 Å². The number of hydrogen-bond donors (Lipinski definition) is 2. The average molecular weight is 258 g/mol. The van der Waals surface area contributed by atoms with Gasteiger partial charge in [-0.15, -0.1) is 0 Å². The molecule has 0 aliphatic rings. The monoisotopic (exact) mass is 258 g/mol. The molecule has 0 saturated carbocycles. The number of nitrogens with one attached hydrogen (secondary N) is 1. The highest BCUT2D eigenvalue weighted by atomic mass is 16.4. The Labute approximate surface area is 108 Å². The summed E-state index contributed by atoms with van der Waals surface area (Å²) < 4.78 is 0. The van der Waals surface area contributed by atoms with Gasteiger partial charge in [-0.1, -0.05) is 0 Å². The van der Waals surface area contributed by atoms with Crippen LogP contribution in [0.25, 0.3) is 0 Å². The van der Waals surface area contributed by atoms with E-state index in [0.29, 0.717) is 5.69 Å². The van der Waals surface area contributed by atoms with Crippen LogP contribution in [0, 0.1) is 0 Å². The zero-order valence-corrected chi connectivity index (χ0v) is 9.78. The lowest BCUT2D eigenvalue weighted by Gasteiger charge is -2.06. The number of carboxylic acids is 1. The quantitative estimate of drug-likeness (QED) is 0.827. The van der Waals surface area contributed by atoms with Gasteiger partial charge in [-0.3, -0.25) is 9.78 Å². The fourth-order valence-electron chi connectivity index (χ4n) is 1.44.